The monoisotopic (exact) mass is 203 g/mol. The molecule has 0 aromatic carbocycles. The van der Waals surface area contributed by atoms with Crippen LogP contribution >= 0.6 is 11.8 Å². The zero-order valence-electron chi connectivity index (χ0n) is 7.95. The molecule has 2 unspecified atom stereocenters. The van der Waals surface area contributed by atoms with Gasteiger partial charge in [-0.25, -0.2) is 0 Å². The first-order valence-electron chi connectivity index (χ1n) is 4.72. The van der Waals surface area contributed by atoms with Crippen LogP contribution in [-0.4, -0.2) is 35.2 Å². The maximum absolute atomic E-state index is 10.3. The first-order chi connectivity index (χ1) is 6.24. The summed E-state index contributed by atoms with van der Waals surface area (Å²) in [5, 5.41) is 12.5. The van der Waals surface area contributed by atoms with Crippen LogP contribution in [0.25, 0.3) is 0 Å². The van der Waals surface area contributed by atoms with Crippen molar-refractivity contribution in [3.05, 3.63) is 0 Å². The molecule has 0 spiro atoms. The molecule has 0 bridgehead atoms. The highest BCUT2D eigenvalue weighted by Crippen LogP contribution is 2.28. The predicted molar refractivity (Wildman–Crippen MR) is 55.2 cm³/mol. The Bertz CT molecular complexity index is 175. The van der Waals surface area contributed by atoms with Gasteiger partial charge in [0.1, 0.15) is 0 Å². The minimum Gasteiger partial charge on any atom is -0.481 e. The summed E-state index contributed by atoms with van der Waals surface area (Å²) in [6.45, 7) is 0.608. The van der Waals surface area contributed by atoms with Crippen molar-refractivity contribution >= 4 is 17.7 Å². The van der Waals surface area contributed by atoms with E-state index < -0.39 is 5.97 Å². The summed E-state index contributed by atoms with van der Waals surface area (Å²) in [4.78, 5) is 10.3. The molecule has 0 aromatic rings. The number of hydrogen-bond acceptors (Lipinski definition) is 3. The van der Waals surface area contributed by atoms with E-state index in [4.69, 9.17) is 5.11 Å². The van der Waals surface area contributed by atoms with Crippen LogP contribution in [0.1, 0.15) is 25.7 Å². The minimum atomic E-state index is -0.716. The molecule has 1 aliphatic rings. The Morgan fingerprint density at radius 3 is 3.00 bits per heavy atom. The zero-order chi connectivity index (χ0) is 9.68. The van der Waals surface area contributed by atoms with Crippen molar-refractivity contribution in [2.45, 2.75) is 37.0 Å². The molecular weight excluding hydrogens is 186 g/mol. The molecule has 0 saturated heterocycles. The summed E-state index contributed by atoms with van der Waals surface area (Å²) in [7, 11) is 0. The van der Waals surface area contributed by atoms with Crippen LogP contribution in [0.5, 0.6) is 0 Å². The molecule has 0 amide bonds. The maximum atomic E-state index is 10.3. The standard InChI is InChI=1S/C9H17NO2S/c1-13-8-4-2-3-7(8)10-6-5-9(11)12/h7-8,10H,2-6H2,1H3,(H,11,12). The Labute approximate surface area is 83.3 Å². The van der Waals surface area contributed by atoms with Crippen molar-refractivity contribution in [1.82, 2.24) is 5.32 Å². The Morgan fingerprint density at radius 1 is 1.62 bits per heavy atom. The quantitative estimate of drug-likeness (QED) is 0.708. The third-order valence-electron chi connectivity index (χ3n) is 2.50. The van der Waals surface area contributed by atoms with Gasteiger partial charge in [0.05, 0.1) is 6.42 Å². The maximum Gasteiger partial charge on any atom is 0.304 e. The minimum absolute atomic E-state index is 0.234. The molecule has 76 valence electrons. The highest BCUT2D eigenvalue weighted by atomic mass is 32.2. The average Bonchev–Trinajstić information content (AvgIpc) is 2.51. The normalized spacial score (nSPS) is 27.8. The molecule has 3 nitrogen and oxygen atoms in total. The van der Waals surface area contributed by atoms with E-state index in [1.54, 1.807) is 0 Å². The Hall–Kier alpha value is -0.220. The van der Waals surface area contributed by atoms with Crippen molar-refractivity contribution in [3.8, 4) is 0 Å². The van der Waals surface area contributed by atoms with Crippen LogP contribution in [0.4, 0.5) is 0 Å². The molecule has 0 aliphatic heterocycles. The molecule has 0 aromatic heterocycles. The number of nitrogens with one attached hydrogen (secondary N) is 1. The number of carbonyl (C=O) groups is 1. The molecule has 1 saturated carbocycles. The fraction of sp³-hybridized carbons (Fsp3) is 0.889. The number of hydrogen-bond donors (Lipinski definition) is 2. The van der Waals surface area contributed by atoms with Crippen molar-refractivity contribution in [2.75, 3.05) is 12.8 Å². The topological polar surface area (TPSA) is 49.3 Å². The molecule has 2 N–H and O–H groups in total. The second-order valence-corrected chi connectivity index (χ2v) is 4.49. The van der Waals surface area contributed by atoms with Crippen molar-refractivity contribution < 1.29 is 9.90 Å². The van der Waals surface area contributed by atoms with E-state index in [-0.39, 0.29) is 6.42 Å². The molecule has 2 atom stereocenters. The van der Waals surface area contributed by atoms with E-state index in [0.29, 0.717) is 17.8 Å². The van der Waals surface area contributed by atoms with Gasteiger partial charge in [-0.05, 0) is 19.1 Å². The SMILES string of the molecule is CSC1CCCC1NCCC(=O)O. The highest BCUT2D eigenvalue weighted by molar-refractivity contribution is 7.99. The fourth-order valence-corrected chi connectivity index (χ4v) is 2.77. The highest BCUT2D eigenvalue weighted by Gasteiger charge is 2.25. The van der Waals surface area contributed by atoms with Crippen molar-refractivity contribution in [3.63, 3.8) is 0 Å². The first kappa shape index (κ1) is 10.9. The Morgan fingerprint density at radius 2 is 2.38 bits per heavy atom. The van der Waals surface area contributed by atoms with Gasteiger partial charge in [-0.15, -0.1) is 0 Å². The Kier molecular flexibility index (Phi) is 4.59. The van der Waals surface area contributed by atoms with Gasteiger partial charge in [-0.1, -0.05) is 6.42 Å². The van der Waals surface area contributed by atoms with Gasteiger partial charge in [0, 0.05) is 17.8 Å². The molecule has 0 heterocycles. The molecule has 1 rings (SSSR count). The summed E-state index contributed by atoms with van der Waals surface area (Å²) in [6, 6.07) is 0.536. The fourth-order valence-electron chi connectivity index (χ4n) is 1.81. The van der Waals surface area contributed by atoms with Gasteiger partial charge in [0.2, 0.25) is 0 Å². The number of rotatable bonds is 5. The van der Waals surface area contributed by atoms with E-state index in [1.165, 1.54) is 19.3 Å². The van der Waals surface area contributed by atoms with E-state index >= 15 is 0 Å². The zero-order valence-corrected chi connectivity index (χ0v) is 8.77. The summed E-state index contributed by atoms with van der Waals surface area (Å²) in [5.41, 5.74) is 0. The second kappa shape index (κ2) is 5.50. The number of aliphatic carboxylic acids is 1. The van der Waals surface area contributed by atoms with Gasteiger partial charge < -0.3 is 10.4 Å². The second-order valence-electron chi connectivity index (χ2n) is 3.41. The van der Waals surface area contributed by atoms with E-state index in [9.17, 15) is 4.79 Å². The van der Waals surface area contributed by atoms with Gasteiger partial charge >= 0.3 is 5.97 Å². The lowest BCUT2D eigenvalue weighted by atomic mass is 10.2. The third-order valence-corrected chi connectivity index (χ3v) is 3.67. The average molecular weight is 203 g/mol. The number of carboxylic acids is 1. The van der Waals surface area contributed by atoms with Gasteiger partial charge in [0.25, 0.3) is 0 Å². The molecule has 0 radical (unpaired) electrons. The van der Waals surface area contributed by atoms with Crippen LogP contribution in [-0.2, 0) is 4.79 Å². The lowest BCUT2D eigenvalue weighted by Crippen LogP contribution is -2.35. The van der Waals surface area contributed by atoms with Gasteiger partial charge in [-0.2, -0.15) is 11.8 Å². The lowest BCUT2D eigenvalue weighted by Gasteiger charge is -2.18. The lowest BCUT2D eigenvalue weighted by molar-refractivity contribution is -0.136. The molecular formula is C9H17NO2S. The first-order valence-corrected chi connectivity index (χ1v) is 6.01. The van der Waals surface area contributed by atoms with Crippen LogP contribution in [0, 0.1) is 0 Å². The van der Waals surface area contributed by atoms with Gasteiger partial charge in [-0.3, -0.25) is 4.79 Å². The number of thioether (sulfide) groups is 1. The molecule has 1 aliphatic carbocycles. The van der Waals surface area contributed by atoms with Crippen LogP contribution < -0.4 is 5.32 Å². The number of carboxylic acid groups (broad SMARTS) is 1. The molecule has 4 heteroatoms. The van der Waals surface area contributed by atoms with E-state index in [1.807, 2.05) is 11.8 Å². The van der Waals surface area contributed by atoms with Gasteiger partial charge in [0.15, 0.2) is 0 Å². The van der Waals surface area contributed by atoms with Crippen molar-refractivity contribution in [1.29, 1.82) is 0 Å². The van der Waals surface area contributed by atoms with E-state index in [0.717, 1.165) is 0 Å². The molecule has 1 fully saturated rings. The van der Waals surface area contributed by atoms with Crippen LogP contribution in [0.3, 0.4) is 0 Å². The summed E-state index contributed by atoms with van der Waals surface area (Å²) in [5.74, 6) is -0.716. The largest absolute Gasteiger partial charge is 0.481 e. The third kappa shape index (κ3) is 3.56. The molecule has 13 heavy (non-hydrogen) atoms. The summed E-state index contributed by atoms with van der Waals surface area (Å²) in [6.07, 6.45) is 6.10. The van der Waals surface area contributed by atoms with Crippen LogP contribution in [0.2, 0.25) is 0 Å². The summed E-state index contributed by atoms with van der Waals surface area (Å²) < 4.78 is 0. The predicted octanol–water partition coefficient (Wildman–Crippen LogP) is 1.33. The Balaban J connectivity index is 2.16. The van der Waals surface area contributed by atoms with E-state index in [2.05, 4.69) is 11.6 Å². The summed E-state index contributed by atoms with van der Waals surface area (Å²) >= 11 is 1.89. The smallest absolute Gasteiger partial charge is 0.304 e. The van der Waals surface area contributed by atoms with Crippen LogP contribution in [0.15, 0.2) is 0 Å². The van der Waals surface area contributed by atoms with Crippen molar-refractivity contribution in [2.24, 2.45) is 0 Å².